The maximum absolute atomic E-state index is 5.89. The van der Waals surface area contributed by atoms with Gasteiger partial charge in [0.1, 0.15) is 0 Å². The van der Waals surface area contributed by atoms with Crippen LogP contribution in [0.15, 0.2) is 0 Å². The van der Waals surface area contributed by atoms with Gasteiger partial charge in [0.25, 0.3) is 0 Å². The van der Waals surface area contributed by atoms with E-state index in [2.05, 4.69) is 63.5 Å². The van der Waals surface area contributed by atoms with Crippen LogP contribution in [-0.2, 0) is 0 Å². The second-order valence-electron chi connectivity index (χ2n) is 8.87. The second-order valence-corrected chi connectivity index (χ2v) is 27.0. The Hall–Kier alpha value is 2.03. The van der Waals surface area contributed by atoms with Crippen LogP contribution in [0.4, 0.5) is 0 Å². The van der Waals surface area contributed by atoms with Gasteiger partial charge in [-0.1, -0.05) is 71.5 Å². The summed E-state index contributed by atoms with van der Waals surface area (Å²) in [4.78, 5) is 0. The van der Waals surface area contributed by atoms with Crippen LogP contribution in [0.1, 0.15) is 38.5 Å². The molecule has 2 aliphatic rings. The molecule has 2 aliphatic heterocycles. The summed E-state index contributed by atoms with van der Waals surface area (Å²) in [7, 11) is -1.64. The number of rotatable bonds is 7. The van der Waals surface area contributed by atoms with E-state index < -0.39 is 26.9 Å². The van der Waals surface area contributed by atoms with E-state index in [4.69, 9.17) is 11.1 Å². The molecule has 2 fully saturated rings. The molecule has 2 heterocycles. The summed E-state index contributed by atoms with van der Waals surface area (Å²) in [6.07, 6.45) is 8.48. The molecule has 0 aliphatic carbocycles. The van der Waals surface area contributed by atoms with Crippen molar-refractivity contribution in [2.24, 2.45) is 0 Å². The van der Waals surface area contributed by atoms with Crippen molar-refractivity contribution < 1.29 is 18.9 Å². The second kappa shape index (κ2) is 21.9. The Morgan fingerprint density at radius 3 is 1.52 bits per heavy atom. The summed E-state index contributed by atoms with van der Waals surface area (Å²) in [5.41, 5.74) is 0. The fourth-order valence-corrected chi connectivity index (χ4v) is 23.4. The molecule has 0 saturated carbocycles. The zero-order valence-corrected chi connectivity index (χ0v) is 29.6. The topological polar surface area (TPSA) is 23.8 Å². The third-order valence-electron chi connectivity index (χ3n) is 5.56. The van der Waals surface area contributed by atoms with Crippen LogP contribution >= 0.6 is 11.1 Å². The van der Waals surface area contributed by atoms with E-state index in [1.807, 2.05) is 0 Å². The van der Waals surface area contributed by atoms with Crippen LogP contribution in [0.2, 0.25) is 45.8 Å². The molecule has 170 valence electrons. The molecule has 0 spiro atoms. The first-order valence-electron chi connectivity index (χ1n) is 11.7. The summed E-state index contributed by atoms with van der Waals surface area (Å²) in [6, 6.07) is 0. The average molecular weight is 522 g/mol. The summed E-state index contributed by atoms with van der Waals surface area (Å²) >= 11 is 5.89. The zero-order chi connectivity index (χ0) is 21.4. The average Bonchev–Trinajstić information content (AvgIpc) is 2.69. The van der Waals surface area contributed by atoms with Crippen molar-refractivity contribution in [3.8, 4) is 0 Å². The molecule has 0 bridgehead atoms. The maximum atomic E-state index is 5.89. The van der Waals surface area contributed by atoms with Gasteiger partial charge in [-0.2, -0.15) is 11.1 Å². The smallest absolute Gasteiger partial charge is 0.662 e. The number of hydrogen-bond donors (Lipinski definition) is 0. The minimum atomic E-state index is -0.519. The Morgan fingerprint density at radius 2 is 1.28 bits per heavy atom. The van der Waals surface area contributed by atoms with Gasteiger partial charge in [-0.25, -0.2) is 0 Å². The Kier molecular flexibility index (Phi) is 25.0. The van der Waals surface area contributed by atoms with Gasteiger partial charge in [-0.05, 0) is 25.9 Å². The molecule has 0 aromatic rings. The standard InChI is InChI=1S/C8H24N2Si3.C5H10N.C4H16ClNSi3.Li/c1-11-10(13(2)3)12-9-7-5-4-6-8-9;1-2-4-6-5-3-1;1-8(2)6(7-5)9(3)4;/h13H,4-8,11-12H2,1-3H3;1-5H2;8-9H,7H2,1-4H3;/q;-1;;+1. The van der Waals surface area contributed by atoms with E-state index in [0.29, 0.717) is 0 Å². The normalized spacial score (nSPS) is 18.9. The Bertz CT molecular complexity index is 332. The Balaban J connectivity index is 0. The third-order valence-corrected chi connectivity index (χ3v) is 31.3. The largest absolute Gasteiger partial charge is 1.00 e. The van der Waals surface area contributed by atoms with Crippen LogP contribution in [0.3, 0.4) is 0 Å². The van der Waals surface area contributed by atoms with Crippen molar-refractivity contribution >= 4 is 66.5 Å². The molecule has 0 N–H and O–H groups in total. The minimum absolute atomic E-state index is 0. The van der Waals surface area contributed by atoms with Gasteiger partial charge in [0.05, 0.1) is 36.6 Å². The fraction of sp³-hybridized carbons (Fsp3) is 1.00. The summed E-state index contributed by atoms with van der Waals surface area (Å²) < 4.78 is 8.39. The fourth-order valence-electron chi connectivity index (χ4n) is 3.59. The van der Waals surface area contributed by atoms with Gasteiger partial charge in [-0.15, -0.1) is 13.1 Å². The number of hydrogen-bond acceptors (Lipinski definition) is 3. The predicted molar refractivity (Wildman–Crippen MR) is 150 cm³/mol. The zero-order valence-electron chi connectivity index (χ0n) is 21.1. The van der Waals surface area contributed by atoms with E-state index >= 15 is 0 Å². The third kappa shape index (κ3) is 18.2. The van der Waals surface area contributed by atoms with Gasteiger partial charge in [-0.3, -0.25) is 0 Å². The van der Waals surface area contributed by atoms with Crippen molar-refractivity contribution in [1.29, 1.82) is 0 Å². The van der Waals surface area contributed by atoms with Gasteiger partial charge in [0.2, 0.25) is 0 Å². The van der Waals surface area contributed by atoms with Gasteiger partial charge in [0, 0.05) is 0 Å². The van der Waals surface area contributed by atoms with Crippen molar-refractivity contribution in [3.63, 3.8) is 0 Å². The molecule has 0 aromatic carbocycles. The van der Waals surface area contributed by atoms with Crippen LogP contribution < -0.4 is 18.9 Å². The first-order chi connectivity index (χ1) is 13.3. The minimum Gasteiger partial charge on any atom is -0.662 e. The summed E-state index contributed by atoms with van der Waals surface area (Å²) in [5, 5.41) is 4.18. The van der Waals surface area contributed by atoms with Crippen molar-refractivity contribution in [2.75, 3.05) is 26.2 Å². The Morgan fingerprint density at radius 1 is 0.793 bits per heavy atom. The monoisotopic (exact) mass is 520 g/mol. The van der Waals surface area contributed by atoms with E-state index in [-0.39, 0.29) is 47.4 Å². The molecule has 0 atom stereocenters. The van der Waals surface area contributed by atoms with Crippen LogP contribution in [0, 0.1) is 0 Å². The molecule has 0 aromatic heterocycles. The maximum Gasteiger partial charge on any atom is 1.00 e. The van der Waals surface area contributed by atoms with Gasteiger partial charge < -0.3 is 17.7 Å². The molecule has 12 heteroatoms. The van der Waals surface area contributed by atoms with Crippen LogP contribution in [0.25, 0.3) is 5.32 Å². The quantitative estimate of drug-likeness (QED) is 0.315. The molecule has 4 nitrogen and oxygen atoms in total. The molecule has 0 radical (unpaired) electrons. The van der Waals surface area contributed by atoms with Gasteiger partial charge in [0.15, 0.2) is 18.8 Å². The molecule has 2 saturated heterocycles. The van der Waals surface area contributed by atoms with Crippen LogP contribution in [-0.4, -0.2) is 93.9 Å². The molecular weight excluding hydrogens is 471 g/mol. The first-order valence-corrected chi connectivity index (χ1v) is 26.3. The predicted octanol–water partition coefficient (Wildman–Crippen LogP) is -1.07. The van der Waals surface area contributed by atoms with E-state index in [0.717, 1.165) is 13.1 Å². The molecule has 2 rings (SSSR count). The number of nitrogens with zero attached hydrogens (tertiary/aromatic N) is 4. The van der Waals surface area contributed by atoms with E-state index in [1.54, 1.807) is 0 Å². The SMILES string of the molecule is C1CC[N-]CC1.C[SiH2]N([SiH2]N1CCCCC1)[SiH](C)C.C[SiH](C)N([SiH2]Cl)[SiH](C)C.[Li+]. The van der Waals surface area contributed by atoms with Crippen LogP contribution in [0.5, 0.6) is 0 Å². The van der Waals surface area contributed by atoms with Crippen molar-refractivity contribution in [2.45, 2.75) is 84.4 Å². The van der Waals surface area contributed by atoms with Gasteiger partial charge >= 0.3 is 18.9 Å². The summed E-state index contributed by atoms with van der Waals surface area (Å²) in [6.45, 7) is 22.0. The number of halogens is 1. The molecular formula is C17H50ClLiN4Si6. The molecule has 0 unspecified atom stereocenters. The first kappa shape index (κ1) is 33.2. The van der Waals surface area contributed by atoms with Crippen molar-refractivity contribution in [3.05, 3.63) is 5.32 Å². The molecule has 29 heavy (non-hydrogen) atoms. The van der Waals surface area contributed by atoms with E-state index in [9.17, 15) is 0 Å². The Labute approximate surface area is 212 Å². The molecule has 0 amide bonds. The van der Waals surface area contributed by atoms with E-state index in [1.165, 1.54) is 51.6 Å². The summed E-state index contributed by atoms with van der Waals surface area (Å²) in [5.74, 6) is 0. The van der Waals surface area contributed by atoms with Crippen molar-refractivity contribution in [1.82, 2.24) is 12.4 Å². The number of piperidine rings is 2.